The highest BCUT2D eigenvalue weighted by molar-refractivity contribution is 7.89. The summed E-state index contributed by atoms with van der Waals surface area (Å²) >= 11 is 0. The summed E-state index contributed by atoms with van der Waals surface area (Å²) in [6.45, 7) is 6.93. The van der Waals surface area contributed by atoms with Crippen molar-refractivity contribution in [2.24, 2.45) is 5.92 Å². The molecular weight excluding hydrogens is 314 g/mol. The Bertz CT molecular complexity index is 607. The maximum absolute atomic E-state index is 12.7. The van der Waals surface area contributed by atoms with Crippen LogP contribution in [0.2, 0.25) is 0 Å². The van der Waals surface area contributed by atoms with E-state index in [1.807, 2.05) is 19.9 Å². The first-order valence-electron chi connectivity index (χ1n) is 8.09. The molecule has 0 N–H and O–H groups in total. The number of hydrogen-bond acceptors (Lipinski definition) is 4. The monoisotopic (exact) mass is 341 g/mol. The largest absolute Gasteiger partial charge is 0.382 e. The number of hydrogen-bond donors (Lipinski definition) is 0. The van der Waals surface area contributed by atoms with E-state index in [9.17, 15) is 8.42 Å². The number of ether oxygens (including phenoxy) is 2. The van der Waals surface area contributed by atoms with Crippen LogP contribution >= 0.6 is 0 Å². The van der Waals surface area contributed by atoms with Gasteiger partial charge in [0.25, 0.3) is 0 Å². The molecule has 1 aliphatic rings. The second-order valence-electron chi connectivity index (χ2n) is 6.16. The molecule has 0 unspecified atom stereocenters. The topological polar surface area (TPSA) is 55.8 Å². The molecule has 1 saturated heterocycles. The van der Waals surface area contributed by atoms with Gasteiger partial charge in [0.1, 0.15) is 0 Å². The lowest BCUT2D eigenvalue weighted by Crippen LogP contribution is -2.39. The summed E-state index contributed by atoms with van der Waals surface area (Å²) in [6, 6.07) is 5.35. The lowest BCUT2D eigenvalue weighted by atomic mass is 9.99. The fourth-order valence-corrected chi connectivity index (χ4v) is 4.29. The molecule has 1 fully saturated rings. The van der Waals surface area contributed by atoms with E-state index < -0.39 is 10.0 Å². The van der Waals surface area contributed by atoms with E-state index in [0.29, 0.717) is 43.7 Å². The van der Waals surface area contributed by atoms with E-state index in [0.717, 1.165) is 24.0 Å². The molecule has 0 bridgehead atoms. The Labute approximate surface area is 139 Å². The van der Waals surface area contributed by atoms with Gasteiger partial charge in [-0.2, -0.15) is 4.31 Å². The molecule has 1 aromatic carbocycles. The molecule has 6 heteroatoms. The van der Waals surface area contributed by atoms with Crippen molar-refractivity contribution in [3.8, 4) is 0 Å². The molecule has 1 aliphatic heterocycles. The lowest BCUT2D eigenvalue weighted by molar-refractivity contribution is 0.0410. The molecule has 5 nitrogen and oxygen atoms in total. The van der Waals surface area contributed by atoms with Crippen molar-refractivity contribution in [3.63, 3.8) is 0 Å². The van der Waals surface area contributed by atoms with Crippen molar-refractivity contribution in [2.45, 2.75) is 31.6 Å². The maximum Gasteiger partial charge on any atom is 0.243 e. The van der Waals surface area contributed by atoms with Crippen molar-refractivity contribution < 1.29 is 17.9 Å². The molecule has 0 aromatic heterocycles. The molecule has 0 radical (unpaired) electrons. The van der Waals surface area contributed by atoms with E-state index in [1.165, 1.54) is 0 Å². The van der Waals surface area contributed by atoms with Crippen molar-refractivity contribution in [2.75, 3.05) is 40.0 Å². The summed E-state index contributed by atoms with van der Waals surface area (Å²) in [7, 11) is -1.73. The smallest absolute Gasteiger partial charge is 0.243 e. The fourth-order valence-electron chi connectivity index (χ4n) is 2.73. The first kappa shape index (κ1) is 18.4. The Balaban J connectivity index is 1.92. The van der Waals surface area contributed by atoms with Gasteiger partial charge in [0.05, 0.1) is 18.1 Å². The van der Waals surface area contributed by atoms with Gasteiger partial charge >= 0.3 is 0 Å². The Hall–Kier alpha value is -0.950. The second-order valence-corrected chi connectivity index (χ2v) is 8.10. The van der Waals surface area contributed by atoms with Crippen molar-refractivity contribution >= 4 is 10.0 Å². The van der Waals surface area contributed by atoms with Gasteiger partial charge in [0.2, 0.25) is 10.0 Å². The highest BCUT2D eigenvalue weighted by Crippen LogP contribution is 2.25. The van der Waals surface area contributed by atoms with Crippen molar-refractivity contribution in [3.05, 3.63) is 29.3 Å². The normalized spacial score (nSPS) is 17.5. The third-order valence-corrected chi connectivity index (χ3v) is 6.37. The minimum absolute atomic E-state index is 0.399. The Morgan fingerprint density at radius 1 is 1.13 bits per heavy atom. The average Bonchev–Trinajstić information content (AvgIpc) is 2.54. The summed E-state index contributed by atoms with van der Waals surface area (Å²) in [5.41, 5.74) is 2.11. The van der Waals surface area contributed by atoms with Crippen molar-refractivity contribution in [1.29, 1.82) is 0 Å². The van der Waals surface area contributed by atoms with E-state index in [4.69, 9.17) is 9.47 Å². The molecule has 1 heterocycles. The number of nitrogens with zero attached hydrogens (tertiary/aromatic N) is 1. The van der Waals surface area contributed by atoms with Crippen LogP contribution in [0, 0.1) is 19.8 Å². The predicted molar refractivity (Wildman–Crippen MR) is 90.1 cm³/mol. The molecule has 2 rings (SSSR count). The number of sulfonamides is 1. The molecule has 130 valence electrons. The first-order valence-corrected chi connectivity index (χ1v) is 9.53. The SMILES string of the molecule is COCCOCC1CCN(S(=O)(=O)c2ccc(C)c(C)c2)CC1. The number of benzene rings is 1. The standard InChI is InChI=1S/C17H27NO4S/c1-14-4-5-17(12-15(14)2)23(19,20)18-8-6-16(7-9-18)13-22-11-10-21-3/h4-5,12,16H,6-11,13H2,1-3H3. The van der Waals surface area contributed by atoms with Crippen LogP contribution in [0.1, 0.15) is 24.0 Å². The van der Waals surface area contributed by atoms with Gasteiger partial charge in [-0.15, -0.1) is 0 Å². The summed E-state index contributed by atoms with van der Waals surface area (Å²) < 4.78 is 37.6. The predicted octanol–water partition coefficient (Wildman–Crippen LogP) is 2.37. The summed E-state index contributed by atoms with van der Waals surface area (Å²) in [5.74, 6) is 0.429. The van der Waals surface area contributed by atoms with Gasteiger partial charge in [-0.3, -0.25) is 0 Å². The van der Waals surface area contributed by atoms with Gasteiger partial charge in [0, 0.05) is 26.8 Å². The molecule has 0 aliphatic carbocycles. The van der Waals surface area contributed by atoms with Crippen molar-refractivity contribution in [1.82, 2.24) is 4.31 Å². The van der Waals surface area contributed by atoms with Crippen LogP contribution in [0.5, 0.6) is 0 Å². The number of methoxy groups -OCH3 is 1. The van der Waals surface area contributed by atoms with Crippen LogP contribution in [-0.2, 0) is 19.5 Å². The fraction of sp³-hybridized carbons (Fsp3) is 0.647. The quantitative estimate of drug-likeness (QED) is 0.715. The Morgan fingerprint density at radius 2 is 1.83 bits per heavy atom. The molecule has 0 amide bonds. The van der Waals surface area contributed by atoms with Gasteiger partial charge < -0.3 is 9.47 Å². The molecule has 0 atom stereocenters. The molecule has 0 saturated carbocycles. The average molecular weight is 341 g/mol. The van der Waals surface area contributed by atoms with E-state index in [2.05, 4.69) is 0 Å². The molecule has 0 spiro atoms. The summed E-state index contributed by atoms with van der Waals surface area (Å²) in [6.07, 6.45) is 1.69. The van der Waals surface area contributed by atoms with Gasteiger partial charge in [-0.1, -0.05) is 6.07 Å². The van der Waals surface area contributed by atoms with Gasteiger partial charge in [-0.05, 0) is 55.9 Å². The summed E-state index contributed by atoms with van der Waals surface area (Å²) in [4.78, 5) is 0.399. The van der Waals surface area contributed by atoms with Crippen LogP contribution in [0.15, 0.2) is 23.1 Å². The van der Waals surface area contributed by atoms with Gasteiger partial charge in [-0.25, -0.2) is 8.42 Å². The van der Waals surface area contributed by atoms with E-state index >= 15 is 0 Å². The zero-order chi connectivity index (χ0) is 16.9. The third kappa shape index (κ3) is 4.76. The first-order chi connectivity index (χ1) is 10.9. The van der Waals surface area contributed by atoms with E-state index in [1.54, 1.807) is 23.5 Å². The van der Waals surface area contributed by atoms with Crippen LogP contribution in [0.4, 0.5) is 0 Å². The van der Waals surface area contributed by atoms with Gasteiger partial charge in [0.15, 0.2) is 0 Å². The number of aryl methyl sites for hydroxylation is 2. The zero-order valence-corrected chi connectivity index (χ0v) is 15.1. The highest BCUT2D eigenvalue weighted by atomic mass is 32.2. The third-order valence-electron chi connectivity index (χ3n) is 4.47. The van der Waals surface area contributed by atoms with Crippen LogP contribution in [0.25, 0.3) is 0 Å². The molecule has 23 heavy (non-hydrogen) atoms. The number of rotatable bonds is 7. The minimum Gasteiger partial charge on any atom is -0.382 e. The van der Waals surface area contributed by atoms with Crippen LogP contribution < -0.4 is 0 Å². The van der Waals surface area contributed by atoms with E-state index in [-0.39, 0.29) is 0 Å². The van der Waals surface area contributed by atoms with Crippen LogP contribution in [0.3, 0.4) is 0 Å². The minimum atomic E-state index is -3.38. The Morgan fingerprint density at radius 3 is 2.43 bits per heavy atom. The highest BCUT2D eigenvalue weighted by Gasteiger charge is 2.29. The maximum atomic E-state index is 12.7. The number of piperidine rings is 1. The molecule has 1 aromatic rings. The second kappa shape index (κ2) is 8.24. The summed E-state index contributed by atoms with van der Waals surface area (Å²) in [5, 5.41) is 0. The lowest BCUT2D eigenvalue weighted by Gasteiger charge is -2.31. The van der Waals surface area contributed by atoms with Crippen LogP contribution in [-0.4, -0.2) is 52.7 Å². The molecular formula is C17H27NO4S. The zero-order valence-electron chi connectivity index (χ0n) is 14.2. The Kier molecular flexibility index (Phi) is 6.59.